The predicted octanol–water partition coefficient (Wildman–Crippen LogP) is 8.99. The lowest BCUT2D eigenvalue weighted by Gasteiger charge is -2.20. The van der Waals surface area contributed by atoms with Gasteiger partial charge < -0.3 is 69.0 Å². The van der Waals surface area contributed by atoms with E-state index in [4.69, 9.17) is 61.1 Å². The number of aliphatic hydroxyl groups is 2. The standard InChI is InChI=1S/C56H58Cl2N2O14/c1-33-37(31-73-51-25-49(39(23-43(51)57)27-59-45(13-15-61)55(63)64)71-29-35-9-11-47-53(21-35)69-19-17-67-47)5-3-7-41(33)42-8-4-6-38(34(42)2)32-74-52-26-50(40(24-44(52)58)28-60-46(14-16-62)56(65)66)72-30-36-10-12-48-54(22-36)70-20-18-68-48/h3-12,21-26,45-46,59-62H,13-20,27-32H2,1-2H3,(H,63,64)(H,65,66). The third-order valence-corrected chi connectivity index (χ3v) is 13.3. The molecule has 0 saturated heterocycles. The van der Waals surface area contributed by atoms with Gasteiger partial charge in [-0.25, -0.2) is 0 Å². The monoisotopic (exact) mass is 1050 g/mol. The van der Waals surface area contributed by atoms with E-state index >= 15 is 0 Å². The molecule has 0 spiro atoms. The van der Waals surface area contributed by atoms with E-state index in [1.165, 1.54) is 0 Å². The molecule has 0 aromatic heterocycles. The molecular formula is C56H58Cl2N2O14. The van der Waals surface area contributed by atoms with Crippen molar-refractivity contribution in [3.05, 3.63) is 152 Å². The fourth-order valence-electron chi connectivity index (χ4n) is 8.52. The zero-order chi connectivity index (χ0) is 52.1. The molecule has 2 atom stereocenters. The number of fused-ring (bicyclic) bond motifs is 2. The second-order valence-corrected chi connectivity index (χ2v) is 18.5. The summed E-state index contributed by atoms with van der Waals surface area (Å²) in [5, 5.41) is 44.9. The Balaban J connectivity index is 0.986. The molecule has 6 N–H and O–H groups in total. The fraction of sp³-hybridized carbons (Fsp3) is 0.321. The van der Waals surface area contributed by atoms with Crippen LogP contribution in [0.1, 0.15) is 57.3 Å². The maximum absolute atomic E-state index is 11.9. The number of nitrogens with one attached hydrogen (secondary N) is 2. The van der Waals surface area contributed by atoms with Crippen molar-refractivity contribution in [2.24, 2.45) is 0 Å². The zero-order valence-electron chi connectivity index (χ0n) is 40.9. The predicted molar refractivity (Wildman–Crippen MR) is 276 cm³/mol. The molecule has 8 rings (SSSR count). The number of carboxylic acids is 2. The van der Waals surface area contributed by atoms with Crippen LogP contribution in [0.5, 0.6) is 46.0 Å². The molecule has 2 heterocycles. The van der Waals surface area contributed by atoms with Crippen molar-refractivity contribution in [3.63, 3.8) is 0 Å². The molecule has 6 aromatic rings. The van der Waals surface area contributed by atoms with Crippen LogP contribution in [0.4, 0.5) is 0 Å². The third kappa shape index (κ3) is 13.4. The minimum absolute atomic E-state index is 0.0195. The molecule has 0 saturated carbocycles. The molecule has 0 aliphatic carbocycles. The van der Waals surface area contributed by atoms with Crippen LogP contribution in [0.25, 0.3) is 11.1 Å². The highest BCUT2D eigenvalue weighted by molar-refractivity contribution is 6.32. The van der Waals surface area contributed by atoms with E-state index in [0.717, 1.165) is 44.5 Å². The Morgan fingerprint density at radius 2 is 0.905 bits per heavy atom. The number of carboxylic acid groups (broad SMARTS) is 2. The van der Waals surface area contributed by atoms with Crippen molar-refractivity contribution in [1.29, 1.82) is 0 Å². The van der Waals surface area contributed by atoms with Gasteiger partial charge in [-0.05, 0) is 108 Å². The summed E-state index contributed by atoms with van der Waals surface area (Å²) in [6.45, 7) is 6.14. The van der Waals surface area contributed by atoms with E-state index < -0.39 is 24.0 Å². The average Bonchev–Trinajstić information content (AvgIpc) is 3.40. The molecule has 18 heteroatoms. The number of hydrogen-bond donors (Lipinski definition) is 6. The van der Waals surface area contributed by atoms with Crippen molar-refractivity contribution in [2.45, 2.75) is 78.3 Å². The van der Waals surface area contributed by atoms with Crippen LogP contribution in [-0.2, 0) is 49.1 Å². The third-order valence-electron chi connectivity index (χ3n) is 12.7. The SMILES string of the molecule is Cc1c(COc2cc(OCc3ccc4c(c3)OCCO4)c(CNC(CCO)C(=O)O)cc2Cl)cccc1-c1cccc(COc2cc(OCc3ccc4c(c3)OCCO4)c(CNC(CCO)C(=O)O)cc2Cl)c1C. The smallest absolute Gasteiger partial charge is 0.320 e. The second-order valence-electron chi connectivity index (χ2n) is 17.6. The highest BCUT2D eigenvalue weighted by Crippen LogP contribution is 2.39. The van der Waals surface area contributed by atoms with Crippen LogP contribution in [0.2, 0.25) is 10.0 Å². The summed E-state index contributed by atoms with van der Waals surface area (Å²) in [6.07, 6.45) is 0.0391. The summed E-state index contributed by atoms with van der Waals surface area (Å²) in [5.41, 5.74) is 8.62. The number of aliphatic hydroxyl groups excluding tert-OH is 2. The second kappa shape index (κ2) is 25.3. The molecule has 2 aliphatic heterocycles. The molecule has 6 aromatic carbocycles. The van der Waals surface area contributed by atoms with Gasteiger partial charge in [-0.15, -0.1) is 0 Å². The van der Waals surface area contributed by atoms with Gasteiger partial charge in [0, 0.05) is 49.6 Å². The molecule has 0 amide bonds. The highest BCUT2D eigenvalue weighted by atomic mass is 35.5. The summed E-state index contributed by atoms with van der Waals surface area (Å²) in [6, 6.07) is 28.0. The van der Waals surface area contributed by atoms with Crippen molar-refractivity contribution in [1.82, 2.24) is 10.6 Å². The minimum Gasteiger partial charge on any atom is -0.488 e. The lowest BCUT2D eigenvalue weighted by Crippen LogP contribution is -2.37. The van der Waals surface area contributed by atoms with Crippen LogP contribution in [0.15, 0.2) is 97.1 Å². The number of carbonyl (C=O) groups is 2. The first-order valence-electron chi connectivity index (χ1n) is 24.1. The van der Waals surface area contributed by atoms with Crippen LogP contribution < -0.4 is 48.5 Å². The summed E-state index contributed by atoms with van der Waals surface area (Å²) in [7, 11) is 0. The summed E-state index contributed by atoms with van der Waals surface area (Å²) in [4.78, 5) is 23.8. The quantitative estimate of drug-likeness (QED) is 0.0316. The Kier molecular flexibility index (Phi) is 18.3. The van der Waals surface area contributed by atoms with E-state index in [1.807, 2.05) is 74.5 Å². The van der Waals surface area contributed by atoms with Gasteiger partial charge in [-0.3, -0.25) is 9.59 Å². The van der Waals surface area contributed by atoms with E-state index in [-0.39, 0.29) is 65.6 Å². The molecule has 390 valence electrons. The highest BCUT2D eigenvalue weighted by Gasteiger charge is 2.22. The fourth-order valence-corrected chi connectivity index (χ4v) is 9.00. The van der Waals surface area contributed by atoms with Crippen LogP contribution >= 0.6 is 23.2 Å². The molecule has 74 heavy (non-hydrogen) atoms. The van der Waals surface area contributed by atoms with Gasteiger partial charge in [0.25, 0.3) is 0 Å². The van der Waals surface area contributed by atoms with Crippen molar-refractivity contribution < 1.29 is 67.9 Å². The van der Waals surface area contributed by atoms with E-state index in [1.54, 1.807) is 24.3 Å². The maximum atomic E-state index is 11.9. The average molecular weight is 1050 g/mol. The lowest BCUT2D eigenvalue weighted by molar-refractivity contribution is -0.140. The topological polar surface area (TPSA) is 213 Å². The normalized spacial score (nSPS) is 13.4. The lowest BCUT2D eigenvalue weighted by atomic mass is 9.92. The van der Waals surface area contributed by atoms with E-state index in [9.17, 15) is 30.0 Å². The van der Waals surface area contributed by atoms with E-state index in [2.05, 4.69) is 22.8 Å². The Bertz CT molecular complexity index is 2760. The van der Waals surface area contributed by atoms with Crippen LogP contribution in [0, 0.1) is 13.8 Å². The Hall–Kier alpha value is -6.92. The number of hydrogen-bond acceptors (Lipinski definition) is 14. The van der Waals surface area contributed by atoms with Gasteiger partial charge in [0.05, 0.1) is 10.0 Å². The van der Waals surface area contributed by atoms with Gasteiger partial charge in [-0.1, -0.05) is 71.7 Å². The maximum Gasteiger partial charge on any atom is 0.320 e. The molecule has 16 nitrogen and oxygen atoms in total. The Morgan fingerprint density at radius 1 is 0.514 bits per heavy atom. The van der Waals surface area contributed by atoms with Gasteiger partial charge in [0.1, 0.15) is 87.9 Å². The van der Waals surface area contributed by atoms with Gasteiger partial charge in [0.15, 0.2) is 23.0 Å². The summed E-state index contributed by atoms with van der Waals surface area (Å²) >= 11 is 13.7. The number of halogens is 2. The first kappa shape index (κ1) is 53.4. The van der Waals surface area contributed by atoms with Crippen LogP contribution in [0.3, 0.4) is 0 Å². The first-order chi connectivity index (χ1) is 35.9. The van der Waals surface area contributed by atoms with Crippen LogP contribution in [-0.4, -0.2) is 84.1 Å². The number of rotatable bonds is 25. The Labute approximate surface area is 438 Å². The summed E-state index contributed by atoms with van der Waals surface area (Å²) in [5.74, 6) is 1.97. The molecule has 0 fully saturated rings. The van der Waals surface area contributed by atoms with Gasteiger partial charge in [-0.2, -0.15) is 0 Å². The van der Waals surface area contributed by atoms with Gasteiger partial charge in [0.2, 0.25) is 0 Å². The molecule has 2 aliphatic rings. The largest absolute Gasteiger partial charge is 0.488 e. The minimum atomic E-state index is -1.09. The number of ether oxygens (including phenoxy) is 8. The van der Waals surface area contributed by atoms with Crippen molar-refractivity contribution in [3.8, 4) is 57.1 Å². The molecule has 2 unspecified atom stereocenters. The molecule has 0 bridgehead atoms. The van der Waals surface area contributed by atoms with Crippen molar-refractivity contribution in [2.75, 3.05) is 39.6 Å². The summed E-state index contributed by atoms with van der Waals surface area (Å²) < 4.78 is 48.4. The number of benzene rings is 6. The molecular weight excluding hydrogens is 996 g/mol. The van der Waals surface area contributed by atoms with E-state index in [0.29, 0.717) is 93.6 Å². The van der Waals surface area contributed by atoms with Crippen molar-refractivity contribution >= 4 is 35.1 Å². The van der Waals surface area contributed by atoms with Gasteiger partial charge >= 0.3 is 11.9 Å². The molecule has 0 radical (unpaired) electrons. The number of aliphatic carboxylic acids is 2. The first-order valence-corrected chi connectivity index (χ1v) is 24.9. The Morgan fingerprint density at radius 3 is 1.30 bits per heavy atom. The zero-order valence-corrected chi connectivity index (χ0v) is 42.4.